The quantitative estimate of drug-likeness (QED) is 0.785. The smallest absolute Gasteiger partial charge is 0.0540 e. The van der Waals surface area contributed by atoms with Crippen LogP contribution in [0.15, 0.2) is 0 Å². The largest absolute Gasteiger partial charge is 0.393 e. The summed E-state index contributed by atoms with van der Waals surface area (Å²) in [7, 11) is 0. The fraction of sp³-hybridized carbons (Fsp3) is 1.00. The van der Waals surface area contributed by atoms with Crippen molar-refractivity contribution >= 4 is 0 Å². The van der Waals surface area contributed by atoms with Gasteiger partial charge in [-0.15, -0.1) is 0 Å². The molecule has 3 nitrogen and oxygen atoms in total. The molecule has 3 fully saturated rings. The first-order valence-corrected chi connectivity index (χ1v) is 8.92. The zero-order valence-electron chi connectivity index (χ0n) is 13.1. The van der Waals surface area contributed by atoms with E-state index in [0.29, 0.717) is 12.0 Å². The molecule has 3 heteroatoms. The van der Waals surface area contributed by atoms with Crippen LogP contribution in [0.25, 0.3) is 0 Å². The van der Waals surface area contributed by atoms with E-state index < -0.39 is 0 Å². The summed E-state index contributed by atoms with van der Waals surface area (Å²) in [6, 6.07) is 2.31. The summed E-state index contributed by atoms with van der Waals surface area (Å²) >= 11 is 0. The topological polar surface area (TPSA) is 35.5 Å². The molecule has 2 aliphatic carbocycles. The fourth-order valence-corrected chi connectivity index (χ4v) is 4.25. The lowest BCUT2D eigenvalue weighted by molar-refractivity contribution is 0.0777. The van der Waals surface area contributed by atoms with E-state index in [-0.39, 0.29) is 6.10 Å². The van der Waals surface area contributed by atoms with Gasteiger partial charge < -0.3 is 10.4 Å². The molecule has 116 valence electrons. The highest BCUT2D eigenvalue weighted by molar-refractivity contribution is 4.94. The first kappa shape index (κ1) is 14.8. The van der Waals surface area contributed by atoms with Crippen molar-refractivity contribution in [2.24, 2.45) is 5.92 Å². The van der Waals surface area contributed by atoms with E-state index in [1.165, 1.54) is 58.0 Å². The molecule has 0 amide bonds. The van der Waals surface area contributed by atoms with Gasteiger partial charge in [-0.2, -0.15) is 0 Å². The van der Waals surface area contributed by atoms with E-state index >= 15 is 0 Å². The molecule has 2 saturated carbocycles. The molecular weight excluding hydrogens is 248 g/mol. The summed E-state index contributed by atoms with van der Waals surface area (Å²) in [5, 5.41) is 13.9. The van der Waals surface area contributed by atoms with Crippen LogP contribution in [0.2, 0.25) is 0 Å². The van der Waals surface area contributed by atoms with E-state index in [4.69, 9.17) is 0 Å². The number of likely N-dealkylation sites (tertiary alicyclic amines) is 1. The second kappa shape index (κ2) is 6.76. The van der Waals surface area contributed by atoms with Crippen LogP contribution in [0.5, 0.6) is 0 Å². The molecule has 0 radical (unpaired) electrons. The van der Waals surface area contributed by atoms with E-state index in [1.807, 2.05) is 0 Å². The molecule has 3 unspecified atom stereocenters. The van der Waals surface area contributed by atoms with Gasteiger partial charge in [-0.3, -0.25) is 4.90 Å². The van der Waals surface area contributed by atoms with Gasteiger partial charge in [-0.25, -0.2) is 0 Å². The van der Waals surface area contributed by atoms with Crippen molar-refractivity contribution in [3.05, 3.63) is 0 Å². The van der Waals surface area contributed by atoms with Crippen molar-refractivity contribution < 1.29 is 5.11 Å². The van der Waals surface area contributed by atoms with Crippen molar-refractivity contribution in [1.29, 1.82) is 0 Å². The summed E-state index contributed by atoms with van der Waals surface area (Å²) in [5.41, 5.74) is 0. The van der Waals surface area contributed by atoms with Crippen LogP contribution in [0.3, 0.4) is 0 Å². The molecule has 0 aromatic heterocycles. The van der Waals surface area contributed by atoms with Crippen LogP contribution in [-0.2, 0) is 0 Å². The van der Waals surface area contributed by atoms with Crippen LogP contribution >= 0.6 is 0 Å². The standard InChI is InChI=1S/C17H32N2O/c1-2-17(20)10-13-9-15(18-14-5-3-4-6-14)12-19(11-13)16-7-8-16/h13-18,20H,2-12H2,1H3. The van der Waals surface area contributed by atoms with Crippen molar-refractivity contribution in [3.63, 3.8) is 0 Å². The van der Waals surface area contributed by atoms with E-state index in [1.54, 1.807) is 0 Å². The summed E-state index contributed by atoms with van der Waals surface area (Å²) in [6.45, 7) is 4.57. The Bertz CT molecular complexity index is 297. The predicted octanol–water partition coefficient (Wildman–Crippen LogP) is 2.53. The molecule has 2 N–H and O–H groups in total. The maximum Gasteiger partial charge on any atom is 0.0540 e. The average Bonchev–Trinajstić information content (AvgIpc) is 3.18. The maximum atomic E-state index is 9.98. The number of nitrogens with zero attached hydrogens (tertiary/aromatic N) is 1. The third kappa shape index (κ3) is 3.96. The number of hydrogen-bond acceptors (Lipinski definition) is 3. The normalized spacial score (nSPS) is 34.5. The summed E-state index contributed by atoms with van der Waals surface area (Å²) in [6.07, 6.45) is 11.5. The van der Waals surface area contributed by atoms with Gasteiger partial charge in [-0.1, -0.05) is 19.8 Å². The highest BCUT2D eigenvalue weighted by Crippen LogP contribution is 2.33. The van der Waals surface area contributed by atoms with Crippen molar-refractivity contribution in [3.8, 4) is 0 Å². The molecule has 1 aliphatic heterocycles. The van der Waals surface area contributed by atoms with Gasteiger partial charge in [-0.05, 0) is 50.9 Å². The van der Waals surface area contributed by atoms with E-state index in [0.717, 1.165) is 24.9 Å². The van der Waals surface area contributed by atoms with E-state index in [9.17, 15) is 5.11 Å². The van der Waals surface area contributed by atoms with Gasteiger partial charge in [0.25, 0.3) is 0 Å². The molecule has 20 heavy (non-hydrogen) atoms. The minimum atomic E-state index is -0.0914. The monoisotopic (exact) mass is 280 g/mol. The van der Waals surface area contributed by atoms with Gasteiger partial charge in [0.15, 0.2) is 0 Å². The highest BCUT2D eigenvalue weighted by Gasteiger charge is 2.37. The Morgan fingerprint density at radius 2 is 1.85 bits per heavy atom. The summed E-state index contributed by atoms with van der Waals surface area (Å²) < 4.78 is 0. The Labute approximate surface area is 124 Å². The van der Waals surface area contributed by atoms with Crippen LogP contribution in [0, 0.1) is 5.92 Å². The fourth-order valence-electron chi connectivity index (χ4n) is 4.25. The maximum absolute atomic E-state index is 9.98. The summed E-state index contributed by atoms with van der Waals surface area (Å²) in [5.74, 6) is 0.693. The van der Waals surface area contributed by atoms with Gasteiger partial charge in [0, 0.05) is 31.2 Å². The number of nitrogens with one attached hydrogen (secondary N) is 1. The second-order valence-electron chi connectivity index (χ2n) is 7.43. The van der Waals surface area contributed by atoms with Gasteiger partial charge in [0.05, 0.1) is 6.10 Å². The van der Waals surface area contributed by atoms with Crippen molar-refractivity contribution in [2.45, 2.75) is 88.9 Å². The first-order valence-electron chi connectivity index (χ1n) is 8.92. The lowest BCUT2D eigenvalue weighted by Gasteiger charge is -2.40. The van der Waals surface area contributed by atoms with Crippen LogP contribution in [-0.4, -0.2) is 47.3 Å². The van der Waals surface area contributed by atoms with Gasteiger partial charge in [0.1, 0.15) is 0 Å². The van der Waals surface area contributed by atoms with Gasteiger partial charge >= 0.3 is 0 Å². The Morgan fingerprint density at radius 3 is 2.50 bits per heavy atom. The van der Waals surface area contributed by atoms with E-state index in [2.05, 4.69) is 17.1 Å². The molecule has 0 aromatic rings. The number of rotatable bonds is 6. The van der Waals surface area contributed by atoms with Crippen LogP contribution in [0.1, 0.15) is 64.7 Å². The van der Waals surface area contributed by atoms with Crippen LogP contribution in [0.4, 0.5) is 0 Å². The first-order chi connectivity index (χ1) is 9.74. The lowest BCUT2D eigenvalue weighted by Crippen LogP contribution is -2.52. The Morgan fingerprint density at radius 1 is 1.10 bits per heavy atom. The van der Waals surface area contributed by atoms with Crippen LogP contribution < -0.4 is 5.32 Å². The molecule has 0 spiro atoms. The Kier molecular flexibility index (Phi) is 5.00. The minimum Gasteiger partial charge on any atom is -0.393 e. The predicted molar refractivity (Wildman–Crippen MR) is 82.8 cm³/mol. The Hall–Kier alpha value is -0.120. The molecule has 3 rings (SSSR count). The third-order valence-corrected chi connectivity index (χ3v) is 5.53. The van der Waals surface area contributed by atoms with Crippen molar-refractivity contribution in [1.82, 2.24) is 10.2 Å². The molecule has 3 aliphatic rings. The molecule has 1 heterocycles. The lowest BCUT2D eigenvalue weighted by atomic mass is 9.88. The number of hydrogen-bond donors (Lipinski definition) is 2. The molecular formula is C17H32N2O. The van der Waals surface area contributed by atoms with Gasteiger partial charge in [0.2, 0.25) is 0 Å². The SMILES string of the molecule is CCC(O)CC1CC(NC2CCCC2)CN(C2CC2)C1. The number of piperidine rings is 1. The van der Waals surface area contributed by atoms with Crippen molar-refractivity contribution in [2.75, 3.05) is 13.1 Å². The average molecular weight is 280 g/mol. The third-order valence-electron chi connectivity index (χ3n) is 5.53. The zero-order valence-corrected chi connectivity index (χ0v) is 13.1. The molecule has 0 bridgehead atoms. The second-order valence-corrected chi connectivity index (χ2v) is 7.43. The highest BCUT2D eigenvalue weighted by atomic mass is 16.3. The number of aliphatic hydroxyl groups excluding tert-OH is 1. The Balaban J connectivity index is 1.54. The number of aliphatic hydroxyl groups is 1. The molecule has 1 saturated heterocycles. The molecule has 3 atom stereocenters. The zero-order chi connectivity index (χ0) is 13.9. The summed E-state index contributed by atoms with van der Waals surface area (Å²) in [4.78, 5) is 2.71. The minimum absolute atomic E-state index is 0.0914. The molecule has 0 aromatic carbocycles.